The maximum Gasteiger partial charge on any atom is 0.145 e. The van der Waals surface area contributed by atoms with E-state index in [0.29, 0.717) is 0 Å². The zero-order chi connectivity index (χ0) is 15.2. The van der Waals surface area contributed by atoms with Crippen molar-refractivity contribution in [1.29, 1.82) is 0 Å². The van der Waals surface area contributed by atoms with Gasteiger partial charge in [0.1, 0.15) is 11.9 Å². The van der Waals surface area contributed by atoms with E-state index in [1.165, 1.54) is 5.56 Å². The molecule has 0 spiro atoms. The van der Waals surface area contributed by atoms with Crippen LogP contribution in [0, 0.1) is 0 Å². The Kier molecular flexibility index (Phi) is 4.71. The third kappa shape index (κ3) is 3.65. The summed E-state index contributed by atoms with van der Waals surface area (Å²) in [6, 6.07) is 18.2. The fraction of sp³-hybridized carbons (Fsp3) is 0.278. The lowest BCUT2D eigenvalue weighted by Crippen LogP contribution is -2.26. The Labute approximate surface area is 130 Å². The van der Waals surface area contributed by atoms with Crippen molar-refractivity contribution in [1.82, 2.24) is 5.32 Å². The van der Waals surface area contributed by atoms with Crippen LogP contribution in [0.1, 0.15) is 17.5 Å². The van der Waals surface area contributed by atoms with Crippen LogP contribution >= 0.6 is 0 Å². The maximum atomic E-state index is 5.50. The molecule has 0 aliphatic carbocycles. The molecular formula is C18H20N2O2. The molecule has 0 aromatic heterocycles. The molecule has 1 aliphatic heterocycles. The lowest BCUT2D eigenvalue weighted by atomic mass is 10.1. The number of methoxy groups -OCH3 is 1. The molecule has 3 rings (SSSR count). The van der Waals surface area contributed by atoms with Crippen LogP contribution in [0.3, 0.4) is 0 Å². The molecule has 0 fully saturated rings. The van der Waals surface area contributed by atoms with Crippen LogP contribution in [0.15, 0.2) is 59.8 Å². The highest BCUT2D eigenvalue weighted by Gasteiger charge is 2.21. The SMILES string of the molecule is COc1cccc(CNCC2CC(c3ccccc3)=NO2)c1. The van der Waals surface area contributed by atoms with Gasteiger partial charge in [-0.15, -0.1) is 0 Å². The predicted molar refractivity (Wildman–Crippen MR) is 87.2 cm³/mol. The predicted octanol–water partition coefficient (Wildman–Crippen LogP) is 2.98. The first-order valence-corrected chi connectivity index (χ1v) is 7.47. The number of ether oxygens (including phenoxy) is 1. The highest BCUT2D eigenvalue weighted by atomic mass is 16.6. The van der Waals surface area contributed by atoms with Gasteiger partial charge in [0.05, 0.1) is 12.8 Å². The first-order valence-electron chi connectivity index (χ1n) is 7.47. The minimum Gasteiger partial charge on any atom is -0.497 e. The molecule has 22 heavy (non-hydrogen) atoms. The average molecular weight is 296 g/mol. The molecule has 4 heteroatoms. The van der Waals surface area contributed by atoms with Gasteiger partial charge >= 0.3 is 0 Å². The van der Waals surface area contributed by atoms with E-state index in [0.717, 1.165) is 36.5 Å². The fourth-order valence-electron chi connectivity index (χ4n) is 2.50. The molecule has 0 amide bonds. The van der Waals surface area contributed by atoms with E-state index >= 15 is 0 Å². The van der Waals surface area contributed by atoms with Gasteiger partial charge < -0.3 is 14.9 Å². The Bertz CT molecular complexity index is 641. The van der Waals surface area contributed by atoms with E-state index in [1.807, 2.05) is 36.4 Å². The minimum atomic E-state index is 0.0980. The third-order valence-corrected chi connectivity index (χ3v) is 3.68. The van der Waals surface area contributed by atoms with Crippen molar-refractivity contribution in [3.63, 3.8) is 0 Å². The molecule has 0 radical (unpaired) electrons. The second-order valence-electron chi connectivity index (χ2n) is 5.32. The summed E-state index contributed by atoms with van der Waals surface area (Å²) in [5, 5.41) is 7.61. The molecule has 1 unspecified atom stereocenters. The van der Waals surface area contributed by atoms with Gasteiger partial charge in [-0.2, -0.15) is 0 Å². The summed E-state index contributed by atoms with van der Waals surface area (Å²) >= 11 is 0. The molecule has 4 nitrogen and oxygen atoms in total. The largest absolute Gasteiger partial charge is 0.497 e. The van der Waals surface area contributed by atoms with Gasteiger partial charge in [0, 0.05) is 19.5 Å². The minimum absolute atomic E-state index is 0.0980. The fourth-order valence-corrected chi connectivity index (χ4v) is 2.50. The van der Waals surface area contributed by atoms with Gasteiger partial charge in [-0.3, -0.25) is 0 Å². The Hall–Kier alpha value is -2.33. The van der Waals surface area contributed by atoms with E-state index in [4.69, 9.17) is 9.57 Å². The van der Waals surface area contributed by atoms with Crippen LogP contribution < -0.4 is 10.1 Å². The van der Waals surface area contributed by atoms with Crippen LogP contribution in [0.2, 0.25) is 0 Å². The van der Waals surface area contributed by atoms with E-state index in [-0.39, 0.29) is 6.10 Å². The monoisotopic (exact) mass is 296 g/mol. The smallest absolute Gasteiger partial charge is 0.145 e. The average Bonchev–Trinajstić information content (AvgIpc) is 3.05. The molecular weight excluding hydrogens is 276 g/mol. The van der Waals surface area contributed by atoms with Gasteiger partial charge in [-0.1, -0.05) is 47.6 Å². The van der Waals surface area contributed by atoms with Gasteiger partial charge in [-0.25, -0.2) is 0 Å². The summed E-state index contributed by atoms with van der Waals surface area (Å²) in [5.41, 5.74) is 3.35. The Balaban J connectivity index is 1.46. The number of benzene rings is 2. The molecule has 1 heterocycles. The summed E-state index contributed by atoms with van der Waals surface area (Å²) in [6.45, 7) is 1.56. The normalized spacial score (nSPS) is 17.0. The lowest BCUT2D eigenvalue weighted by Gasteiger charge is -2.10. The quantitative estimate of drug-likeness (QED) is 0.891. The second-order valence-corrected chi connectivity index (χ2v) is 5.32. The van der Waals surface area contributed by atoms with Crippen LogP contribution in [0.5, 0.6) is 5.75 Å². The number of nitrogens with zero attached hydrogens (tertiary/aromatic N) is 1. The first kappa shape index (κ1) is 14.6. The standard InChI is InChI=1S/C18H20N2O2/c1-21-16-9-5-6-14(10-16)12-19-13-17-11-18(20-22-17)15-7-3-2-4-8-15/h2-10,17,19H,11-13H2,1H3. The number of nitrogens with one attached hydrogen (secondary N) is 1. The maximum absolute atomic E-state index is 5.50. The van der Waals surface area contributed by atoms with Crippen molar-refractivity contribution in [3.8, 4) is 5.75 Å². The van der Waals surface area contributed by atoms with E-state index in [1.54, 1.807) is 7.11 Å². The lowest BCUT2D eigenvalue weighted by molar-refractivity contribution is 0.0848. The summed E-state index contributed by atoms with van der Waals surface area (Å²) in [4.78, 5) is 5.50. The number of rotatable bonds is 6. The number of hydrogen-bond donors (Lipinski definition) is 1. The molecule has 2 aromatic rings. The zero-order valence-electron chi connectivity index (χ0n) is 12.7. The topological polar surface area (TPSA) is 42.8 Å². The van der Waals surface area contributed by atoms with Gasteiger partial charge in [0.15, 0.2) is 0 Å². The van der Waals surface area contributed by atoms with Gasteiger partial charge in [0.25, 0.3) is 0 Å². The van der Waals surface area contributed by atoms with Crippen LogP contribution in [-0.4, -0.2) is 25.5 Å². The van der Waals surface area contributed by atoms with Crippen molar-refractivity contribution in [2.45, 2.75) is 19.1 Å². The highest BCUT2D eigenvalue weighted by molar-refractivity contribution is 6.01. The Morgan fingerprint density at radius 2 is 2.05 bits per heavy atom. The van der Waals surface area contributed by atoms with Crippen molar-refractivity contribution < 1.29 is 9.57 Å². The van der Waals surface area contributed by atoms with Gasteiger partial charge in [-0.05, 0) is 23.3 Å². The highest BCUT2D eigenvalue weighted by Crippen LogP contribution is 2.16. The van der Waals surface area contributed by atoms with Crippen LogP contribution in [-0.2, 0) is 11.4 Å². The van der Waals surface area contributed by atoms with Crippen LogP contribution in [0.4, 0.5) is 0 Å². The molecule has 0 bridgehead atoms. The zero-order valence-corrected chi connectivity index (χ0v) is 12.7. The molecule has 1 atom stereocenters. The van der Waals surface area contributed by atoms with Crippen molar-refractivity contribution >= 4 is 5.71 Å². The summed E-state index contributed by atoms with van der Waals surface area (Å²) in [5.74, 6) is 0.881. The number of hydrogen-bond acceptors (Lipinski definition) is 4. The van der Waals surface area contributed by atoms with Gasteiger partial charge in [0.2, 0.25) is 0 Å². The number of oxime groups is 1. The molecule has 1 aliphatic rings. The van der Waals surface area contributed by atoms with Crippen molar-refractivity contribution in [2.75, 3.05) is 13.7 Å². The third-order valence-electron chi connectivity index (χ3n) is 3.68. The Morgan fingerprint density at radius 3 is 2.86 bits per heavy atom. The molecule has 2 aromatic carbocycles. The van der Waals surface area contributed by atoms with E-state index in [2.05, 4.69) is 28.7 Å². The van der Waals surface area contributed by atoms with E-state index in [9.17, 15) is 0 Å². The molecule has 0 saturated carbocycles. The summed E-state index contributed by atoms with van der Waals surface area (Å²) in [7, 11) is 1.68. The first-order chi connectivity index (χ1) is 10.8. The summed E-state index contributed by atoms with van der Waals surface area (Å²) in [6.07, 6.45) is 0.940. The van der Waals surface area contributed by atoms with E-state index < -0.39 is 0 Å². The van der Waals surface area contributed by atoms with Crippen molar-refractivity contribution in [2.24, 2.45) is 5.16 Å². The second kappa shape index (κ2) is 7.09. The van der Waals surface area contributed by atoms with Crippen molar-refractivity contribution in [3.05, 3.63) is 65.7 Å². The Morgan fingerprint density at radius 1 is 1.18 bits per heavy atom. The summed E-state index contributed by atoms with van der Waals surface area (Å²) < 4.78 is 5.23. The van der Waals surface area contributed by atoms with Crippen LogP contribution in [0.25, 0.3) is 0 Å². The molecule has 114 valence electrons. The molecule has 0 saturated heterocycles. The molecule has 1 N–H and O–H groups in total.